The number of fused-ring (bicyclic) bond motifs is 1. The molecule has 2 N–H and O–H groups in total. The third kappa shape index (κ3) is 4.79. The van der Waals surface area contributed by atoms with Crippen molar-refractivity contribution in [2.24, 2.45) is 11.8 Å². The van der Waals surface area contributed by atoms with Crippen LogP contribution in [-0.2, 0) is 19.1 Å². The van der Waals surface area contributed by atoms with E-state index < -0.39 is 24.4 Å². The Morgan fingerprint density at radius 1 is 0.941 bits per heavy atom. The van der Waals surface area contributed by atoms with E-state index in [0.717, 1.165) is 17.7 Å². The molecular weight excluding hydrogens is 462 g/mol. The minimum atomic E-state index is -0.814. The fourth-order valence-corrected chi connectivity index (χ4v) is 4.50. The lowest BCUT2D eigenvalue weighted by molar-refractivity contribution is -0.125. The number of carbonyl (C=O) groups is 5. The number of anilines is 1. The molecule has 9 nitrogen and oxygen atoms in total. The number of esters is 1. The third-order valence-corrected chi connectivity index (χ3v) is 6.28. The first-order valence-electron chi connectivity index (χ1n) is 10.9. The summed E-state index contributed by atoms with van der Waals surface area (Å²) >= 11 is 5.93. The Bertz CT molecular complexity index is 1140. The third-order valence-electron chi connectivity index (χ3n) is 5.95. The van der Waals surface area contributed by atoms with E-state index in [-0.39, 0.29) is 39.8 Å². The van der Waals surface area contributed by atoms with Crippen LogP contribution >= 0.6 is 11.6 Å². The highest BCUT2D eigenvalue weighted by atomic mass is 35.5. The van der Waals surface area contributed by atoms with Crippen molar-refractivity contribution in [2.75, 3.05) is 11.5 Å². The molecule has 0 bridgehead atoms. The van der Waals surface area contributed by atoms with E-state index in [1.54, 1.807) is 24.3 Å². The molecule has 0 radical (unpaired) electrons. The molecule has 2 atom stereocenters. The molecule has 2 aromatic carbocycles. The van der Waals surface area contributed by atoms with Crippen molar-refractivity contribution in [1.82, 2.24) is 10.9 Å². The van der Waals surface area contributed by atoms with Gasteiger partial charge in [0.2, 0.25) is 11.8 Å². The Balaban J connectivity index is 1.33. The van der Waals surface area contributed by atoms with Crippen LogP contribution in [0.5, 0.6) is 0 Å². The van der Waals surface area contributed by atoms with Gasteiger partial charge in [-0.1, -0.05) is 42.6 Å². The van der Waals surface area contributed by atoms with E-state index in [1.165, 1.54) is 24.3 Å². The minimum Gasteiger partial charge on any atom is -0.452 e. The van der Waals surface area contributed by atoms with E-state index in [4.69, 9.17) is 16.3 Å². The molecule has 0 aromatic heterocycles. The van der Waals surface area contributed by atoms with Crippen molar-refractivity contribution >= 4 is 46.9 Å². The van der Waals surface area contributed by atoms with Gasteiger partial charge in [0.25, 0.3) is 11.8 Å². The van der Waals surface area contributed by atoms with Gasteiger partial charge in [-0.05, 0) is 43.2 Å². The van der Waals surface area contributed by atoms with Crippen molar-refractivity contribution in [3.8, 4) is 0 Å². The van der Waals surface area contributed by atoms with Gasteiger partial charge in [-0.15, -0.1) is 0 Å². The second-order valence-electron chi connectivity index (χ2n) is 8.12. The van der Waals surface area contributed by atoms with Gasteiger partial charge >= 0.3 is 5.97 Å². The van der Waals surface area contributed by atoms with Crippen molar-refractivity contribution in [2.45, 2.75) is 25.7 Å². The van der Waals surface area contributed by atoms with Gasteiger partial charge in [0.05, 0.1) is 33.7 Å². The number of hydrazine groups is 1. The number of ether oxygens (including phenoxy) is 1. The molecule has 2 aromatic rings. The maximum Gasteiger partial charge on any atom is 0.338 e. The fraction of sp³-hybridized carbons (Fsp3) is 0.292. The molecular formula is C24H22ClN3O6. The monoisotopic (exact) mass is 483 g/mol. The van der Waals surface area contributed by atoms with E-state index in [1.807, 2.05) is 0 Å². The van der Waals surface area contributed by atoms with Crippen LogP contribution in [0.25, 0.3) is 0 Å². The molecule has 4 rings (SSSR count). The molecule has 176 valence electrons. The number of nitrogens with zero attached hydrogens (tertiary/aromatic N) is 1. The number of hydrogen-bond donors (Lipinski definition) is 2. The quantitative estimate of drug-likeness (QED) is 0.383. The van der Waals surface area contributed by atoms with E-state index in [0.29, 0.717) is 18.5 Å². The Hall–Kier alpha value is -3.72. The van der Waals surface area contributed by atoms with Gasteiger partial charge in [-0.25, -0.2) is 4.79 Å². The van der Waals surface area contributed by atoms with Crippen molar-refractivity contribution in [3.05, 3.63) is 64.7 Å². The smallest absolute Gasteiger partial charge is 0.338 e. The zero-order chi connectivity index (χ0) is 24.2. The summed E-state index contributed by atoms with van der Waals surface area (Å²) in [6.45, 7) is -0.655. The van der Waals surface area contributed by atoms with Crippen LogP contribution in [0.15, 0.2) is 48.5 Å². The average Bonchev–Trinajstić information content (AvgIpc) is 3.11. The summed E-state index contributed by atoms with van der Waals surface area (Å²) in [5, 5.41) is 0.217. The van der Waals surface area contributed by atoms with Crippen molar-refractivity contribution in [1.29, 1.82) is 0 Å². The number of imide groups is 1. The molecule has 1 aliphatic carbocycles. The van der Waals surface area contributed by atoms with Crippen LogP contribution in [0.4, 0.5) is 5.69 Å². The van der Waals surface area contributed by atoms with Crippen LogP contribution in [0.2, 0.25) is 5.02 Å². The van der Waals surface area contributed by atoms with Crippen LogP contribution in [0.1, 0.15) is 46.4 Å². The highest BCUT2D eigenvalue weighted by molar-refractivity contribution is 6.33. The lowest BCUT2D eigenvalue weighted by Gasteiger charge is -2.19. The summed E-state index contributed by atoms with van der Waals surface area (Å²) in [7, 11) is 0. The number of nitrogens with one attached hydrogen (secondary N) is 2. The first-order valence-corrected chi connectivity index (χ1v) is 11.2. The van der Waals surface area contributed by atoms with Gasteiger partial charge in [0, 0.05) is 0 Å². The molecule has 2 fully saturated rings. The zero-order valence-electron chi connectivity index (χ0n) is 18.1. The second kappa shape index (κ2) is 10.0. The van der Waals surface area contributed by atoms with Crippen LogP contribution in [0, 0.1) is 11.8 Å². The summed E-state index contributed by atoms with van der Waals surface area (Å²) in [6.07, 6.45) is 3.22. The molecule has 1 saturated carbocycles. The molecule has 0 spiro atoms. The predicted molar refractivity (Wildman–Crippen MR) is 122 cm³/mol. The van der Waals surface area contributed by atoms with E-state index in [2.05, 4.69) is 10.9 Å². The van der Waals surface area contributed by atoms with Crippen LogP contribution in [-0.4, -0.2) is 36.2 Å². The topological polar surface area (TPSA) is 122 Å². The molecule has 34 heavy (non-hydrogen) atoms. The highest BCUT2D eigenvalue weighted by Crippen LogP contribution is 2.40. The molecule has 1 aliphatic heterocycles. The Morgan fingerprint density at radius 3 is 2.29 bits per heavy atom. The second-order valence-corrected chi connectivity index (χ2v) is 8.53. The fourth-order valence-electron chi connectivity index (χ4n) is 4.28. The normalized spacial score (nSPS) is 19.4. The molecule has 1 heterocycles. The van der Waals surface area contributed by atoms with Gasteiger partial charge in [-0.2, -0.15) is 0 Å². The largest absolute Gasteiger partial charge is 0.452 e. The SMILES string of the molecule is O=C(COC(=O)c1cccc(N2C(=O)[C@H]3CCCC[C@@H]3C2=O)c1)NNC(=O)c1ccccc1Cl. The summed E-state index contributed by atoms with van der Waals surface area (Å²) < 4.78 is 5.00. The Morgan fingerprint density at radius 2 is 1.62 bits per heavy atom. The van der Waals surface area contributed by atoms with Gasteiger partial charge in [0.15, 0.2) is 6.61 Å². The van der Waals surface area contributed by atoms with Gasteiger partial charge in [-0.3, -0.25) is 34.9 Å². The summed E-state index contributed by atoms with van der Waals surface area (Å²) in [4.78, 5) is 63.2. The summed E-state index contributed by atoms with van der Waals surface area (Å²) in [6, 6.07) is 12.3. The van der Waals surface area contributed by atoms with Gasteiger partial charge < -0.3 is 4.74 Å². The summed E-state index contributed by atoms with van der Waals surface area (Å²) in [5.41, 5.74) is 4.88. The van der Waals surface area contributed by atoms with Crippen LogP contribution in [0.3, 0.4) is 0 Å². The zero-order valence-corrected chi connectivity index (χ0v) is 18.8. The number of amides is 4. The molecule has 10 heteroatoms. The van der Waals surface area contributed by atoms with Crippen molar-refractivity contribution < 1.29 is 28.7 Å². The molecule has 0 unspecified atom stereocenters. The number of halogens is 1. The number of benzene rings is 2. The standard InChI is InChI=1S/C24H22ClN3O6/c25-19-11-4-3-10-18(19)21(30)27-26-20(29)13-34-24(33)14-6-5-7-15(12-14)28-22(31)16-8-1-2-9-17(16)23(28)32/h3-7,10-12,16-17H,1-2,8-9,13H2,(H,26,29)(H,27,30)/t16-,17-/m0/s1. The molecule has 4 amide bonds. The minimum absolute atomic E-state index is 0.0841. The highest BCUT2D eigenvalue weighted by Gasteiger charge is 2.48. The predicted octanol–water partition coefficient (Wildman–Crippen LogP) is 2.64. The van der Waals surface area contributed by atoms with Crippen LogP contribution < -0.4 is 15.8 Å². The lowest BCUT2D eigenvalue weighted by atomic mass is 9.81. The maximum absolute atomic E-state index is 12.8. The van der Waals surface area contributed by atoms with E-state index in [9.17, 15) is 24.0 Å². The number of carbonyl (C=O) groups excluding carboxylic acids is 5. The Labute approximate surface area is 200 Å². The average molecular weight is 484 g/mol. The first-order chi connectivity index (χ1) is 16.4. The first kappa shape index (κ1) is 23.4. The van der Waals surface area contributed by atoms with E-state index >= 15 is 0 Å². The van der Waals surface area contributed by atoms with Crippen molar-refractivity contribution in [3.63, 3.8) is 0 Å². The summed E-state index contributed by atoms with van der Waals surface area (Å²) in [5.74, 6) is -3.30. The lowest BCUT2D eigenvalue weighted by Crippen LogP contribution is -2.43. The Kier molecular flexibility index (Phi) is 6.93. The maximum atomic E-state index is 12.8. The molecule has 1 saturated heterocycles. The number of hydrogen-bond acceptors (Lipinski definition) is 6. The van der Waals surface area contributed by atoms with Gasteiger partial charge in [0.1, 0.15) is 0 Å². The number of rotatable bonds is 5. The molecule has 2 aliphatic rings.